The van der Waals surface area contributed by atoms with E-state index in [2.05, 4.69) is 10.6 Å². The molecule has 5 rings (SSSR count). The number of aryl methyl sites for hydroxylation is 1. The molecule has 0 aromatic heterocycles. The fourth-order valence-electron chi connectivity index (χ4n) is 6.45. The van der Waals surface area contributed by atoms with Crippen LogP contribution in [-0.2, 0) is 0 Å². The number of ether oxygens (including phenoxy) is 7. The minimum Gasteiger partial charge on any atom is -0.493 e. The van der Waals surface area contributed by atoms with Crippen LogP contribution in [0, 0.1) is 6.92 Å². The largest absolute Gasteiger partial charge is 0.493 e. The van der Waals surface area contributed by atoms with Gasteiger partial charge < -0.3 is 43.8 Å². The van der Waals surface area contributed by atoms with E-state index in [-0.39, 0.29) is 12.1 Å². The summed E-state index contributed by atoms with van der Waals surface area (Å²) in [5.41, 5.74) is 5.34. The van der Waals surface area contributed by atoms with Crippen LogP contribution in [0.5, 0.6) is 40.2 Å². The smallest absolute Gasteiger partial charge is 0.255 e. The molecule has 10 nitrogen and oxygen atoms in total. The van der Waals surface area contributed by atoms with Crippen LogP contribution in [0.3, 0.4) is 0 Å². The van der Waals surface area contributed by atoms with Crippen LogP contribution in [0.2, 0.25) is 0 Å². The lowest BCUT2D eigenvalue weighted by atomic mass is 10.0. The maximum Gasteiger partial charge on any atom is 0.255 e. The van der Waals surface area contributed by atoms with Gasteiger partial charge in [-0.05, 0) is 85.0 Å². The molecule has 1 aliphatic rings. The van der Waals surface area contributed by atoms with Crippen LogP contribution in [0.15, 0.2) is 66.7 Å². The first kappa shape index (κ1) is 39.7. The summed E-state index contributed by atoms with van der Waals surface area (Å²) in [7, 11) is 8.11. The highest BCUT2D eigenvalue weighted by molar-refractivity contribution is 6.01. The van der Waals surface area contributed by atoms with Gasteiger partial charge in [0.15, 0.2) is 34.5 Å². The summed E-state index contributed by atoms with van der Waals surface area (Å²) in [4.78, 5) is 12.7. The van der Waals surface area contributed by atoms with Crippen LogP contribution in [0.25, 0.3) is 12.2 Å². The quantitative estimate of drug-likeness (QED) is 0.0639. The molecule has 0 saturated heterocycles. The standard InChI is InChI=1S/C44H54N2O8/c1-30-15-20-35-34(25-30)44(47)46-43(45-35)33-19-22-37(38(29-33)49-3)53-23-13-11-9-7-8-10-12-14-24-54-39-26-31(18-21-36(39)48-2)16-17-32-27-40(50-4)42(52-6)41(28-32)51-5/h15-22,25-29,43,45H,7-14,23-24H2,1-6H3,(H,46,47). The number of anilines is 1. The molecule has 1 aliphatic heterocycles. The van der Waals surface area contributed by atoms with E-state index in [9.17, 15) is 4.79 Å². The zero-order valence-corrected chi connectivity index (χ0v) is 32.4. The number of carbonyl (C=O) groups is 1. The Hall–Kier alpha value is -5.51. The Bertz CT molecular complexity index is 1850. The van der Waals surface area contributed by atoms with Gasteiger partial charge in [-0.2, -0.15) is 0 Å². The van der Waals surface area contributed by atoms with E-state index in [0.717, 1.165) is 59.4 Å². The van der Waals surface area contributed by atoms with Gasteiger partial charge in [-0.25, -0.2) is 0 Å². The van der Waals surface area contributed by atoms with Crippen molar-refractivity contribution in [3.8, 4) is 40.2 Å². The molecule has 54 heavy (non-hydrogen) atoms. The van der Waals surface area contributed by atoms with Crippen molar-refractivity contribution in [1.29, 1.82) is 0 Å². The molecule has 0 spiro atoms. The second-order valence-corrected chi connectivity index (χ2v) is 13.2. The summed E-state index contributed by atoms with van der Waals surface area (Å²) in [5, 5.41) is 6.45. The summed E-state index contributed by atoms with van der Waals surface area (Å²) in [6, 6.07) is 21.4. The number of nitrogens with one attached hydrogen (secondary N) is 2. The Labute approximate surface area is 319 Å². The SMILES string of the molecule is COc1cc(C2NC(=O)c3cc(C)ccc3N2)ccc1OCCCCCCCCCCOc1cc(C=Cc2cc(OC)c(OC)c(OC)c2)ccc1OC. The molecule has 4 aromatic carbocycles. The molecule has 1 amide bonds. The highest BCUT2D eigenvalue weighted by Crippen LogP contribution is 2.39. The summed E-state index contributed by atoms with van der Waals surface area (Å²) in [6.07, 6.45) is 12.6. The van der Waals surface area contributed by atoms with Gasteiger partial charge in [0.05, 0.1) is 54.3 Å². The molecule has 2 N–H and O–H groups in total. The average molecular weight is 739 g/mol. The van der Waals surface area contributed by atoms with E-state index in [1.54, 1.807) is 35.5 Å². The fourth-order valence-corrected chi connectivity index (χ4v) is 6.45. The molecule has 288 valence electrons. The van der Waals surface area contributed by atoms with Crippen LogP contribution in [-0.4, -0.2) is 54.7 Å². The van der Waals surface area contributed by atoms with Crippen molar-refractivity contribution < 1.29 is 38.0 Å². The number of carbonyl (C=O) groups excluding carboxylic acids is 1. The Balaban J connectivity index is 0.966. The van der Waals surface area contributed by atoms with Gasteiger partial charge >= 0.3 is 0 Å². The van der Waals surface area contributed by atoms with Crippen molar-refractivity contribution >= 4 is 23.7 Å². The molecular formula is C44H54N2O8. The van der Waals surface area contributed by atoms with Crippen LogP contribution >= 0.6 is 0 Å². The predicted molar refractivity (Wildman–Crippen MR) is 214 cm³/mol. The molecule has 10 heteroatoms. The van der Waals surface area contributed by atoms with E-state index in [1.807, 2.05) is 85.8 Å². The molecule has 1 atom stereocenters. The van der Waals surface area contributed by atoms with Gasteiger partial charge in [0.25, 0.3) is 5.91 Å². The second kappa shape index (κ2) is 20.1. The van der Waals surface area contributed by atoms with Gasteiger partial charge in [0.2, 0.25) is 5.75 Å². The average Bonchev–Trinajstić information content (AvgIpc) is 3.20. The molecule has 1 unspecified atom stereocenters. The number of methoxy groups -OCH3 is 5. The number of amides is 1. The summed E-state index contributed by atoms with van der Waals surface area (Å²) >= 11 is 0. The van der Waals surface area contributed by atoms with E-state index >= 15 is 0 Å². The van der Waals surface area contributed by atoms with E-state index < -0.39 is 0 Å². The van der Waals surface area contributed by atoms with Crippen LogP contribution in [0.1, 0.15) is 90.1 Å². The van der Waals surface area contributed by atoms with E-state index in [4.69, 9.17) is 33.2 Å². The number of hydrogen-bond donors (Lipinski definition) is 2. The van der Waals surface area contributed by atoms with Crippen LogP contribution in [0.4, 0.5) is 5.69 Å². The van der Waals surface area contributed by atoms with Crippen molar-refractivity contribution in [2.24, 2.45) is 0 Å². The first-order valence-corrected chi connectivity index (χ1v) is 18.6. The number of benzene rings is 4. The van der Waals surface area contributed by atoms with Gasteiger partial charge in [-0.15, -0.1) is 0 Å². The second-order valence-electron chi connectivity index (χ2n) is 13.2. The fraction of sp³-hybridized carbons (Fsp3) is 0.386. The summed E-state index contributed by atoms with van der Waals surface area (Å²) < 4.78 is 39.8. The molecule has 0 bridgehead atoms. The lowest BCUT2D eigenvalue weighted by Crippen LogP contribution is -2.38. The third kappa shape index (κ3) is 10.6. The third-order valence-corrected chi connectivity index (χ3v) is 9.41. The number of fused-ring (bicyclic) bond motifs is 1. The van der Waals surface area contributed by atoms with Crippen molar-refractivity contribution in [3.05, 3.63) is 94.5 Å². The maximum absolute atomic E-state index is 12.7. The van der Waals surface area contributed by atoms with Gasteiger partial charge in [-0.3, -0.25) is 4.79 Å². The van der Waals surface area contributed by atoms with Gasteiger partial charge in [-0.1, -0.05) is 74.4 Å². The number of hydrogen-bond acceptors (Lipinski definition) is 9. The number of rotatable bonds is 21. The molecule has 4 aromatic rings. The van der Waals surface area contributed by atoms with Gasteiger partial charge in [0, 0.05) is 5.69 Å². The third-order valence-electron chi connectivity index (χ3n) is 9.41. The van der Waals surface area contributed by atoms with Crippen molar-refractivity contribution in [3.63, 3.8) is 0 Å². The molecule has 0 fully saturated rings. The number of unbranched alkanes of at least 4 members (excludes halogenated alkanes) is 7. The zero-order chi connectivity index (χ0) is 38.3. The minimum atomic E-state index is -0.347. The molecule has 1 heterocycles. The topological polar surface area (TPSA) is 106 Å². The molecule has 0 aliphatic carbocycles. The summed E-state index contributed by atoms with van der Waals surface area (Å²) in [5.74, 6) is 4.49. The Kier molecular flexibility index (Phi) is 14.8. The lowest BCUT2D eigenvalue weighted by molar-refractivity contribution is 0.0935. The first-order valence-electron chi connectivity index (χ1n) is 18.6. The van der Waals surface area contributed by atoms with E-state index in [0.29, 0.717) is 53.3 Å². The Morgan fingerprint density at radius 2 is 1.11 bits per heavy atom. The molecule has 0 radical (unpaired) electrons. The summed E-state index contributed by atoms with van der Waals surface area (Å²) in [6.45, 7) is 3.24. The van der Waals surface area contributed by atoms with Crippen LogP contribution < -0.4 is 43.8 Å². The molecular weight excluding hydrogens is 684 g/mol. The lowest BCUT2D eigenvalue weighted by Gasteiger charge is -2.28. The highest BCUT2D eigenvalue weighted by Gasteiger charge is 2.25. The maximum atomic E-state index is 12.7. The predicted octanol–water partition coefficient (Wildman–Crippen LogP) is 9.64. The first-order chi connectivity index (χ1) is 26.4. The van der Waals surface area contributed by atoms with Crippen molar-refractivity contribution in [1.82, 2.24) is 5.32 Å². The monoisotopic (exact) mass is 738 g/mol. The van der Waals surface area contributed by atoms with E-state index in [1.165, 1.54) is 25.7 Å². The van der Waals surface area contributed by atoms with Crippen molar-refractivity contribution in [2.75, 3.05) is 54.1 Å². The Morgan fingerprint density at radius 3 is 1.74 bits per heavy atom. The zero-order valence-electron chi connectivity index (χ0n) is 32.4. The highest BCUT2D eigenvalue weighted by atomic mass is 16.5. The Morgan fingerprint density at radius 1 is 0.537 bits per heavy atom. The normalized spacial score (nSPS) is 13.4. The molecule has 0 saturated carbocycles. The van der Waals surface area contributed by atoms with Gasteiger partial charge in [0.1, 0.15) is 6.17 Å². The van der Waals surface area contributed by atoms with Crippen molar-refractivity contribution in [2.45, 2.75) is 64.5 Å². The minimum absolute atomic E-state index is 0.0930.